The second-order valence-corrected chi connectivity index (χ2v) is 7.78. The molecule has 0 fully saturated rings. The summed E-state index contributed by atoms with van der Waals surface area (Å²) in [5.41, 5.74) is 7.26. The Morgan fingerprint density at radius 2 is 1.61 bits per heavy atom. The van der Waals surface area contributed by atoms with E-state index in [1.165, 1.54) is 11.0 Å². The van der Waals surface area contributed by atoms with E-state index in [-0.39, 0.29) is 64.3 Å². The van der Waals surface area contributed by atoms with Crippen molar-refractivity contribution in [1.82, 2.24) is 9.97 Å². The first-order chi connectivity index (χ1) is 17.3. The van der Waals surface area contributed by atoms with Gasteiger partial charge in [-0.1, -0.05) is 30.3 Å². The Hall–Kier alpha value is -4.73. The molecule has 0 atom stereocenters. The molecule has 36 heavy (non-hydrogen) atoms. The number of aryl methyl sites for hydroxylation is 1. The highest BCUT2D eigenvalue weighted by atomic mass is 16.5. The van der Waals surface area contributed by atoms with Gasteiger partial charge in [0.05, 0.1) is 23.1 Å². The van der Waals surface area contributed by atoms with Crippen molar-refractivity contribution >= 4 is 40.5 Å². The maximum absolute atomic E-state index is 13.1. The second-order valence-electron chi connectivity index (χ2n) is 7.78. The molecule has 184 valence electrons. The number of nitrogens with zero attached hydrogens (tertiary/aromatic N) is 3. The number of benzene rings is 2. The molecule has 2 heterocycles. The maximum atomic E-state index is 13.1. The van der Waals surface area contributed by atoms with Crippen LogP contribution in [0.1, 0.15) is 49.6 Å². The molecule has 0 radical (unpaired) electrons. The summed E-state index contributed by atoms with van der Waals surface area (Å²) in [5.74, 6) is -1.34. The number of carbonyl (C=O) groups is 3. The van der Waals surface area contributed by atoms with Crippen molar-refractivity contribution in [3.63, 3.8) is 0 Å². The number of nitrogens with two attached hydrogens (primary N) is 1. The Morgan fingerprint density at radius 3 is 2.31 bits per heavy atom. The average Bonchev–Trinajstić information content (AvgIpc) is 3.23. The van der Waals surface area contributed by atoms with E-state index in [0.717, 1.165) is 0 Å². The van der Waals surface area contributed by atoms with E-state index < -0.39 is 11.9 Å². The SMILES string of the molecule is CCOC(=O)c1c(C)oc2nc(COC(=O)c3ccccc3C(=O)N(C)c3ccccc3)nc(N)c12. The molecular formula is C26H24N4O6. The van der Waals surface area contributed by atoms with Crippen LogP contribution in [0.3, 0.4) is 0 Å². The highest BCUT2D eigenvalue weighted by Gasteiger charge is 2.25. The lowest BCUT2D eigenvalue weighted by Gasteiger charge is -2.18. The third kappa shape index (κ3) is 4.74. The van der Waals surface area contributed by atoms with Crippen LogP contribution in [0.25, 0.3) is 11.1 Å². The number of furan rings is 1. The van der Waals surface area contributed by atoms with Crippen molar-refractivity contribution in [3.8, 4) is 0 Å². The van der Waals surface area contributed by atoms with Gasteiger partial charge >= 0.3 is 11.9 Å². The van der Waals surface area contributed by atoms with Gasteiger partial charge in [0.15, 0.2) is 12.4 Å². The summed E-state index contributed by atoms with van der Waals surface area (Å²) < 4.78 is 16.0. The first kappa shape index (κ1) is 24.4. The van der Waals surface area contributed by atoms with Gasteiger partial charge in [-0.3, -0.25) is 4.79 Å². The monoisotopic (exact) mass is 488 g/mol. The molecule has 0 spiro atoms. The lowest BCUT2D eigenvalue weighted by atomic mass is 10.1. The fourth-order valence-electron chi connectivity index (χ4n) is 3.70. The van der Waals surface area contributed by atoms with E-state index in [0.29, 0.717) is 5.69 Å². The highest BCUT2D eigenvalue weighted by Crippen LogP contribution is 2.29. The molecule has 10 heteroatoms. The normalized spacial score (nSPS) is 10.8. The molecule has 0 bridgehead atoms. The molecule has 0 saturated carbocycles. The van der Waals surface area contributed by atoms with Crippen LogP contribution in [0.15, 0.2) is 59.0 Å². The molecule has 2 N–H and O–H groups in total. The van der Waals surface area contributed by atoms with Gasteiger partial charge in [0.2, 0.25) is 5.71 Å². The topological polar surface area (TPSA) is 138 Å². The van der Waals surface area contributed by atoms with Crippen molar-refractivity contribution < 1.29 is 28.3 Å². The van der Waals surface area contributed by atoms with Crippen LogP contribution in [-0.2, 0) is 16.1 Å². The van der Waals surface area contributed by atoms with Crippen molar-refractivity contribution in [2.45, 2.75) is 20.5 Å². The molecule has 0 aliphatic heterocycles. The van der Waals surface area contributed by atoms with Gasteiger partial charge in [0, 0.05) is 12.7 Å². The second kappa shape index (κ2) is 10.3. The summed E-state index contributed by atoms with van der Waals surface area (Å²) in [5, 5.41) is 0.237. The number of para-hydroxylation sites is 1. The fraction of sp³-hybridized carbons (Fsp3) is 0.192. The van der Waals surface area contributed by atoms with Crippen LogP contribution in [-0.4, -0.2) is 41.5 Å². The first-order valence-corrected chi connectivity index (χ1v) is 11.1. The van der Waals surface area contributed by atoms with Crippen LogP contribution < -0.4 is 10.6 Å². The number of ether oxygens (including phenoxy) is 2. The van der Waals surface area contributed by atoms with Crippen LogP contribution in [0.2, 0.25) is 0 Å². The lowest BCUT2D eigenvalue weighted by molar-refractivity contribution is 0.0458. The fourth-order valence-corrected chi connectivity index (χ4v) is 3.70. The van der Waals surface area contributed by atoms with Gasteiger partial charge in [-0.15, -0.1) is 0 Å². The van der Waals surface area contributed by atoms with Gasteiger partial charge in [0.1, 0.15) is 17.1 Å². The number of nitrogen functional groups attached to an aromatic ring is 1. The third-order valence-corrected chi connectivity index (χ3v) is 5.44. The summed E-state index contributed by atoms with van der Waals surface area (Å²) in [6.45, 7) is 3.14. The molecule has 2 aromatic carbocycles. The summed E-state index contributed by atoms with van der Waals surface area (Å²) in [7, 11) is 1.63. The predicted octanol–water partition coefficient (Wildman–Crippen LogP) is 3.92. The van der Waals surface area contributed by atoms with Crippen molar-refractivity contribution in [2.75, 3.05) is 24.3 Å². The number of hydrogen-bond donors (Lipinski definition) is 1. The molecule has 4 aromatic rings. The van der Waals surface area contributed by atoms with Crippen LogP contribution in [0.5, 0.6) is 0 Å². The Labute approximate surface area is 206 Å². The summed E-state index contributed by atoms with van der Waals surface area (Å²) in [6.07, 6.45) is 0. The van der Waals surface area contributed by atoms with Crippen LogP contribution in [0.4, 0.5) is 11.5 Å². The molecule has 10 nitrogen and oxygen atoms in total. The van der Waals surface area contributed by atoms with Crippen LogP contribution in [0, 0.1) is 6.92 Å². The molecule has 0 aliphatic rings. The Bertz CT molecular complexity index is 1450. The van der Waals surface area contributed by atoms with Crippen molar-refractivity contribution in [1.29, 1.82) is 0 Å². The van der Waals surface area contributed by atoms with Crippen molar-refractivity contribution in [3.05, 3.63) is 82.9 Å². The van der Waals surface area contributed by atoms with Gasteiger partial charge in [-0.2, -0.15) is 4.98 Å². The van der Waals surface area contributed by atoms with E-state index in [9.17, 15) is 14.4 Å². The first-order valence-electron chi connectivity index (χ1n) is 11.1. The summed E-state index contributed by atoms with van der Waals surface area (Å²) >= 11 is 0. The van der Waals surface area contributed by atoms with Gasteiger partial charge in [0.25, 0.3) is 5.91 Å². The number of anilines is 2. The number of rotatable bonds is 7. The Morgan fingerprint density at radius 1 is 0.944 bits per heavy atom. The van der Waals surface area contributed by atoms with Crippen LogP contribution >= 0.6 is 0 Å². The molecule has 0 saturated heterocycles. The largest absolute Gasteiger partial charge is 0.462 e. The zero-order valence-electron chi connectivity index (χ0n) is 20.0. The minimum Gasteiger partial charge on any atom is -0.462 e. The standard InChI is InChI=1S/C26H24N4O6/c1-4-34-26(33)20-15(2)36-23-21(20)22(27)28-19(29-23)14-35-25(32)18-13-9-8-12-17(18)24(31)30(3)16-10-6-5-7-11-16/h5-13H,4,14H2,1-3H3,(H2,27,28,29). The van der Waals surface area contributed by atoms with E-state index in [1.54, 1.807) is 51.2 Å². The lowest BCUT2D eigenvalue weighted by Crippen LogP contribution is -2.28. The van der Waals surface area contributed by atoms with E-state index in [1.807, 2.05) is 18.2 Å². The highest BCUT2D eigenvalue weighted by molar-refractivity contribution is 6.12. The number of carbonyl (C=O) groups excluding carboxylic acids is 3. The minimum absolute atomic E-state index is 0.00832. The van der Waals surface area contributed by atoms with E-state index >= 15 is 0 Å². The quantitative estimate of drug-likeness (QED) is 0.384. The zero-order valence-corrected chi connectivity index (χ0v) is 20.0. The Balaban J connectivity index is 1.55. The number of hydrogen-bond acceptors (Lipinski definition) is 9. The van der Waals surface area contributed by atoms with Crippen molar-refractivity contribution in [2.24, 2.45) is 0 Å². The molecule has 2 aromatic heterocycles. The summed E-state index contributed by atoms with van der Waals surface area (Å²) in [6, 6.07) is 15.4. The van der Waals surface area contributed by atoms with E-state index in [4.69, 9.17) is 19.6 Å². The molecule has 4 rings (SSSR count). The maximum Gasteiger partial charge on any atom is 0.342 e. The average molecular weight is 489 g/mol. The number of amides is 1. The molecule has 0 aliphatic carbocycles. The number of aromatic nitrogens is 2. The van der Waals surface area contributed by atoms with Gasteiger partial charge in [-0.05, 0) is 38.1 Å². The van der Waals surface area contributed by atoms with Gasteiger partial charge in [-0.25, -0.2) is 14.6 Å². The molecule has 1 amide bonds. The number of fused-ring (bicyclic) bond motifs is 1. The molecular weight excluding hydrogens is 464 g/mol. The van der Waals surface area contributed by atoms with Gasteiger partial charge < -0.3 is 24.5 Å². The Kier molecular flexibility index (Phi) is 6.95. The molecule has 0 unspecified atom stereocenters. The summed E-state index contributed by atoms with van der Waals surface area (Å²) in [4.78, 5) is 48.1. The smallest absolute Gasteiger partial charge is 0.342 e. The predicted molar refractivity (Wildman–Crippen MR) is 132 cm³/mol. The zero-order chi connectivity index (χ0) is 25.8. The number of esters is 2. The minimum atomic E-state index is -0.731. The third-order valence-electron chi connectivity index (χ3n) is 5.44. The van der Waals surface area contributed by atoms with E-state index in [2.05, 4.69) is 9.97 Å².